The number of aryl methyl sites for hydroxylation is 1. The van der Waals surface area contributed by atoms with Crippen LogP contribution >= 0.6 is 11.8 Å². The molecule has 0 spiro atoms. The molecule has 0 aromatic carbocycles. The van der Waals surface area contributed by atoms with Crippen LogP contribution in [-0.4, -0.2) is 22.5 Å². The summed E-state index contributed by atoms with van der Waals surface area (Å²) in [6.45, 7) is 6.98. The lowest BCUT2D eigenvalue weighted by atomic mass is 9.88. The molecular weight excluding hydrogens is 222 g/mol. The van der Waals surface area contributed by atoms with Gasteiger partial charge in [-0.2, -0.15) is 0 Å². The van der Waals surface area contributed by atoms with Gasteiger partial charge in [0.2, 0.25) is 5.89 Å². The highest BCUT2D eigenvalue weighted by Gasteiger charge is 2.14. The topological polar surface area (TPSA) is 64.9 Å². The second-order valence-corrected chi connectivity index (χ2v) is 5.81. The predicted molar refractivity (Wildman–Crippen MR) is 66.4 cm³/mol. The van der Waals surface area contributed by atoms with Crippen molar-refractivity contribution in [1.29, 1.82) is 0 Å². The first-order valence-electron chi connectivity index (χ1n) is 5.66. The molecule has 4 nitrogen and oxygen atoms in total. The van der Waals surface area contributed by atoms with E-state index in [2.05, 4.69) is 24.0 Å². The van der Waals surface area contributed by atoms with Gasteiger partial charge in [0.1, 0.15) is 0 Å². The molecule has 0 radical (unpaired) electrons. The van der Waals surface area contributed by atoms with Crippen molar-refractivity contribution in [2.24, 2.45) is 11.1 Å². The van der Waals surface area contributed by atoms with E-state index in [0.717, 1.165) is 18.7 Å². The maximum atomic E-state index is 5.68. The van der Waals surface area contributed by atoms with Gasteiger partial charge in [0.25, 0.3) is 5.22 Å². The zero-order chi connectivity index (χ0) is 12.0. The highest BCUT2D eigenvalue weighted by atomic mass is 32.2. The maximum Gasteiger partial charge on any atom is 0.276 e. The van der Waals surface area contributed by atoms with Crippen molar-refractivity contribution in [1.82, 2.24) is 10.2 Å². The Labute approximate surface area is 101 Å². The van der Waals surface area contributed by atoms with Crippen molar-refractivity contribution in [2.45, 2.75) is 45.3 Å². The van der Waals surface area contributed by atoms with Crippen molar-refractivity contribution in [3.63, 3.8) is 0 Å². The first-order chi connectivity index (χ1) is 7.53. The average molecular weight is 243 g/mol. The largest absolute Gasteiger partial charge is 0.416 e. The summed E-state index contributed by atoms with van der Waals surface area (Å²) in [5.41, 5.74) is 5.95. The number of thioether (sulfide) groups is 1. The van der Waals surface area contributed by atoms with E-state index in [0.29, 0.717) is 11.1 Å². The van der Waals surface area contributed by atoms with E-state index in [9.17, 15) is 0 Å². The van der Waals surface area contributed by atoms with E-state index in [-0.39, 0.29) is 5.41 Å². The number of hydrogen-bond donors (Lipinski definition) is 1. The maximum absolute atomic E-state index is 5.68. The molecule has 0 aliphatic carbocycles. The average Bonchev–Trinajstić information content (AvgIpc) is 2.64. The van der Waals surface area contributed by atoms with Crippen molar-refractivity contribution < 1.29 is 4.42 Å². The SMILES string of the molecule is Cc1nnc(SCCCCC(C)(C)CN)o1. The third kappa shape index (κ3) is 4.99. The fourth-order valence-electron chi connectivity index (χ4n) is 1.30. The molecule has 0 atom stereocenters. The number of unbranched alkanes of at least 4 members (excludes halogenated alkanes) is 1. The normalized spacial score (nSPS) is 12.0. The minimum Gasteiger partial charge on any atom is -0.416 e. The minimum atomic E-state index is 0.270. The summed E-state index contributed by atoms with van der Waals surface area (Å²) in [4.78, 5) is 0. The molecule has 0 bridgehead atoms. The van der Waals surface area contributed by atoms with Gasteiger partial charge in [-0.3, -0.25) is 0 Å². The predicted octanol–water partition coefficient (Wildman–Crippen LogP) is 2.63. The van der Waals surface area contributed by atoms with E-state index in [1.54, 1.807) is 18.7 Å². The first kappa shape index (κ1) is 13.5. The molecule has 0 aliphatic heterocycles. The fourth-order valence-corrected chi connectivity index (χ4v) is 2.11. The Kier molecular flexibility index (Phi) is 5.28. The van der Waals surface area contributed by atoms with Gasteiger partial charge in [-0.15, -0.1) is 10.2 Å². The molecule has 92 valence electrons. The van der Waals surface area contributed by atoms with Crippen LogP contribution in [0.2, 0.25) is 0 Å². The summed E-state index contributed by atoms with van der Waals surface area (Å²) >= 11 is 1.63. The van der Waals surface area contributed by atoms with Crippen LogP contribution in [0.4, 0.5) is 0 Å². The zero-order valence-corrected chi connectivity index (χ0v) is 11.1. The van der Waals surface area contributed by atoms with Crippen LogP contribution in [0.1, 0.15) is 39.0 Å². The van der Waals surface area contributed by atoms with Gasteiger partial charge < -0.3 is 10.2 Å². The van der Waals surface area contributed by atoms with Crippen molar-refractivity contribution in [3.8, 4) is 0 Å². The van der Waals surface area contributed by atoms with Gasteiger partial charge in [-0.05, 0) is 24.8 Å². The van der Waals surface area contributed by atoms with E-state index in [1.807, 2.05) is 0 Å². The van der Waals surface area contributed by atoms with E-state index in [4.69, 9.17) is 10.2 Å². The smallest absolute Gasteiger partial charge is 0.276 e. The summed E-state index contributed by atoms with van der Waals surface area (Å²) in [5, 5.41) is 8.40. The Hall–Kier alpha value is -0.550. The second-order valence-electron chi connectivity index (χ2n) is 4.76. The Balaban J connectivity index is 2.08. The van der Waals surface area contributed by atoms with Gasteiger partial charge in [-0.1, -0.05) is 32.0 Å². The lowest BCUT2D eigenvalue weighted by Gasteiger charge is -2.21. The highest BCUT2D eigenvalue weighted by Crippen LogP contribution is 2.23. The molecule has 0 saturated carbocycles. The quantitative estimate of drug-likeness (QED) is 0.589. The summed E-state index contributed by atoms with van der Waals surface area (Å²) in [6.07, 6.45) is 3.53. The Morgan fingerprint density at radius 3 is 2.62 bits per heavy atom. The molecule has 16 heavy (non-hydrogen) atoms. The van der Waals surface area contributed by atoms with E-state index in [1.165, 1.54) is 12.8 Å². The Bertz CT molecular complexity index is 312. The Morgan fingerprint density at radius 1 is 1.31 bits per heavy atom. The molecule has 5 heteroatoms. The van der Waals surface area contributed by atoms with Crippen LogP contribution in [0.15, 0.2) is 9.64 Å². The Morgan fingerprint density at radius 2 is 2.06 bits per heavy atom. The molecule has 2 N–H and O–H groups in total. The van der Waals surface area contributed by atoms with Crippen LogP contribution in [0, 0.1) is 12.3 Å². The number of hydrogen-bond acceptors (Lipinski definition) is 5. The van der Waals surface area contributed by atoms with E-state index < -0.39 is 0 Å². The van der Waals surface area contributed by atoms with Gasteiger partial charge in [-0.25, -0.2) is 0 Å². The minimum absolute atomic E-state index is 0.270. The molecule has 1 heterocycles. The molecule has 1 rings (SSSR count). The lowest BCUT2D eigenvalue weighted by Crippen LogP contribution is -2.23. The zero-order valence-electron chi connectivity index (χ0n) is 10.3. The summed E-state index contributed by atoms with van der Waals surface area (Å²) < 4.78 is 5.27. The molecule has 0 saturated heterocycles. The van der Waals surface area contributed by atoms with Crippen LogP contribution in [-0.2, 0) is 0 Å². The fraction of sp³-hybridized carbons (Fsp3) is 0.818. The third-order valence-electron chi connectivity index (χ3n) is 2.53. The van der Waals surface area contributed by atoms with Gasteiger partial charge in [0.05, 0.1) is 0 Å². The molecule has 0 unspecified atom stereocenters. The van der Waals surface area contributed by atoms with Crippen LogP contribution in [0.3, 0.4) is 0 Å². The monoisotopic (exact) mass is 243 g/mol. The molecule has 0 aliphatic rings. The van der Waals surface area contributed by atoms with Gasteiger partial charge in [0, 0.05) is 12.7 Å². The molecule has 1 aromatic rings. The van der Waals surface area contributed by atoms with Crippen LogP contribution in [0.25, 0.3) is 0 Å². The first-order valence-corrected chi connectivity index (χ1v) is 6.65. The highest BCUT2D eigenvalue weighted by molar-refractivity contribution is 7.99. The number of nitrogens with zero attached hydrogens (tertiary/aromatic N) is 2. The number of aromatic nitrogens is 2. The molecule has 0 fully saturated rings. The number of nitrogens with two attached hydrogens (primary N) is 1. The summed E-state index contributed by atoms with van der Waals surface area (Å²) in [5.74, 6) is 1.66. The van der Waals surface area contributed by atoms with Crippen molar-refractivity contribution >= 4 is 11.8 Å². The van der Waals surface area contributed by atoms with Crippen LogP contribution in [0.5, 0.6) is 0 Å². The van der Waals surface area contributed by atoms with Crippen LogP contribution < -0.4 is 5.73 Å². The van der Waals surface area contributed by atoms with Crippen molar-refractivity contribution in [2.75, 3.05) is 12.3 Å². The summed E-state index contributed by atoms with van der Waals surface area (Å²) in [7, 11) is 0. The lowest BCUT2D eigenvalue weighted by molar-refractivity contribution is 0.336. The summed E-state index contributed by atoms with van der Waals surface area (Å²) in [6, 6.07) is 0. The number of rotatable bonds is 7. The van der Waals surface area contributed by atoms with Gasteiger partial charge in [0.15, 0.2) is 0 Å². The third-order valence-corrected chi connectivity index (χ3v) is 3.44. The molecule has 0 amide bonds. The standard InChI is InChI=1S/C11H21N3OS/c1-9-13-14-10(15-9)16-7-5-4-6-11(2,3)8-12/h4-8,12H2,1-3H3. The second kappa shape index (κ2) is 6.25. The van der Waals surface area contributed by atoms with E-state index >= 15 is 0 Å². The molecular formula is C11H21N3OS. The van der Waals surface area contributed by atoms with Gasteiger partial charge >= 0.3 is 0 Å². The van der Waals surface area contributed by atoms with Crippen molar-refractivity contribution in [3.05, 3.63) is 5.89 Å². The molecule has 1 aromatic heterocycles.